The van der Waals surface area contributed by atoms with Gasteiger partial charge in [-0.2, -0.15) is 0 Å². The lowest BCUT2D eigenvalue weighted by Gasteiger charge is -1.99. The van der Waals surface area contributed by atoms with Crippen LogP contribution >= 0.6 is 11.6 Å². The van der Waals surface area contributed by atoms with Gasteiger partial charge in [0.1, 0.15) is 5.75 Å². The number of ether oxygens (including phenoxy) is 1. The highest BCUT2D eigenvalue weighted by Crippen LogP contribution is 2.16. The minimum Gasteiger partial charge on any atom is -0.495 e. The summed E-state index contributed by atoms with van der Waals surface area (Å²) in [7, 11) is 1.59. The molecule has 1 heterocycles. The molecule has 0 bridgehead atoms. The van der Waals surface area contributed by atoms with Crippen LogP contribution in [-0.4, -0.2) is 12.1 Å². The molecule has 0 N–H and O–H groups in total. The molecule has 0 amide bonds. The number of hydrogen-bond donors (Lipinski definition) is 0. The molecule has 3 heteroatoms. The number of aromatic nitrogens is 1. The second kappa shape index (κ2) is 3.39. The molecule has 0 unspecified atom stereocenters. The zero-order valence-electron chi connectivity index (χ0n) is 6.17. The zero-order valence-corrected chi connectivity index (χ0v) is 6.93. The van der Waals surface area contributed by atoms with Crippen LogP contribution in [0.5, 0.6) is 5.75 Å². The van der Waals surface area contributed by atoms with Crippen molar-refractivity contribution in [2.45, 2.75) is 0 Å². The summed E-state index contributed by atoms with van der Waals surface area (Å²) in [6.07, 6.45) is 1.60. The molecular formula is C8H8ClNO. The molecule has 0 atom stereocenters. The average molecular weight is 170 g/mol. The van der Waals surface area contributed by atoms with Gasteiger partial charge in [0.05, 0.1) is 24.0 Å². The van der Waals surface area contributed by atoms with E-state index in [9.17, 15) is 0 Å². The molecule has 0 aliphatic carbocycles. The monoisotopic (exact) mass is 169 g/mol. The van der Waals surface area contributed by atoms with E-state index in [-0.39, 0.29) is 0 Å². The number of pyridine rings is 1. The predicted octanol–water partition coefficient (Wildman–Crippen LogP) is 2.30. The maximum absolute atomic E-state index is 5.60. The minimum atomic E-state index is 0.438. The molecule has 1 rings (SSSR count). The van der Waals surface area contributed by atoms with Crippen molar-refractivity contribution in [1.29, 1.82) is 0 Å². The second-order valence-electron chi connectivity index (χ2n) is 1.99. The Bertz CT molecular complexity index is 255. The number of halogens is 1. The summed E-state index contributed by atoms with van der Waals surface area (Å²) in [5.74, 6) is 0.715. The highest BCUT2D eigenvalue weighted by Gasteiger charge is 1.96. The summed E-state index contributed by atoms with van der Waals surface area (Å²) in [4.78, 5) is 3.99. The molecule has 0 spiro atoms. The van der Waals surface area contributed by atoms with Gasteiger partial charge >= 0.3 is 0 Å². The zero-order chi connectivity index (χ0) is 8.27. The van der Waals surface area contributed by atoms with E-state index >= 15 is 0 Å². The van der Waals surface area contributed by atoms with Crippen molar-refractivity contribution in [3.8, 4) is 5.75 Å². The Hall–Kier alpha value is -1.02. The van der Waals surface area contributed by atoms with Gasteiger partial charge in [0.15, 0.2) is 0 Å². The van der Waals surface area contributed by atoms with Crippen LogP contribution in [0.4, 0.5) is 0 Å². The highest BCUT2D eigenvalue weighted by atomic mass is 35.5. The second-order valence-corrected chi connectivity index (χ2v) is 2.44. The highest BCUT2D eigenvalue weighted by molar-refractivity contribution is 6.47. The molecule has 0 saturated heterocycles. The molecule has 0 fully saturated rings. The third-order valence-electron chi connectivity index (χ3n) is 1.25. The lowest BCUT2D eigenvalue weighted by molar-refractivity contribution is 0.413. The lowest BCUT2D eigenvalue weighted by atomic mass is 10.3. The number of nitrogens with zero attached hydrogens (tertiary/aromatic N) is 1. The molecular weight excluding hydrogens is 162 g/mol. The van der Waals surface area contributed by atoms with Gasteiger partial charge in [0, 0.05) is 0 Å². The number of hydrogen-bond acceptors (Lipinski definition) is 2. The Morgan fingerprint density at radius 1 is 1.64 bits per heavy atom. The van der Waals surface area contributed by atoms with E-state index in [0.717, 1.165) is 0 Å². The smallest absolute Gasteiger partial charge is 0.137 e. The van der Waals surface area contributed by atoms with Crippen LogP contribution in [0, 0.1) is 0 Å². The maximum Gasteiger partial charge on any atom is 0.137 e. The van der Waals surface area contributed by atoms with Crippen LogP contribution in [0.3, 0.4) is 0 Å². The molecule has 0 saturated carbocycles. The topological polar surface area (TPSA) is 22.1 Å². The van der Waals surface area contributed by atoms with E-state index < -0.39 is 0 Å². The van der Waals surface area contributed by atoms with Crippen LogP contribution in [0.15, 0.2) is 24.9 Å². The third kappa shape index (κ3) is 1.95. The molecule has 1 aromatic rings. The first kappa shape index (κ1) is 8.08. The van der Waals surface area contributed by atoms with E-state index in [1.807, 2.05) is 0 Å². The fraction of sp³-hybridized carbons (Fsp3) is 0.125. The van der Waals surface area contributed by atoms with E-state index in [1.54, 1.807) is 25.4 Å². The van der Waals surface area contributed by atoms with Crippen molar-refractivity contribution in [2.75, 3.05) is 7.11 Å². The van der Waals surface area contributed by atoms with Gasteiger partial charge < -0.3 is 4.74 Å². The number of rotatable bonds is 2. The van der Waals surface area contributed by atoms with Crippen LogP contribution in [-0.2, 0) is 0 Å². The summed E-state index contributed by atoms with van der Waals surface area (Å²) in [6, 6.07) is 3.55. The van der Waals surface area contributed by atoms with Crippen LogP contribution in [0.25, 0.3) is 5.03 Å². The first-order valence-corrected chi connectivity index (χ1v) is 3.46. The maximum atomic E-state index is 5.60. The van der Waals surface area contributed by atoms with Gasteiger partial charge in [-0.25, -0.2) is 0 Å². The molecule has 11 heavy (non-hydrogen) atoms. The predicted molar refractivity (Wildman–Crippen MR) is 45.7 cm³/mol. The molecule has 0 aliphatic heterocycles. The van der Waals surface area contributed by atoms with Gasteiger partial charge in [-0.15, -0.1) is 0 Å². The van der Waals surface area contributed by atoms with Crippen LogP contribution in [0.2, 0.25) is 0 Å². The van der Waals surface area contributed by atoms with Crippen molar-refractivity contribution < 1.29 is 4.74 Å². The van der Waals surface area contributed by atoms with Crippen LogP contribution in [0.1, 0.15) is 5.69 Å². The summed E-state index contributed by atoms with van der Waals surface area (Å²) in [6.45, 7) is 3.54. The Morgan fingerprint density at radius 2 is 2.36 bits per heavy atom. The van der Waals surface area contributed by atoms with Crippen molar-refractivity contribution in [1.82, 2.24) is 4.98 Å². The fourth-order valence-corrected chi connectivity index (χ4v) is 0.773. The van der Waals surface area contributed by atoms with E-state index in [2.05, 4.69) is 11.6 Å². The SMILES string of the molecule is C=C(Cl)c1ccc(OC)cn1. The standard InChI is InChI=1S/C8H8ClNO/c1-6(9)8-4-3-7(11-2)5-10-8/h3-5H,1H2,2H3. The van der Waals surface area contributed by atoms with Crippen molar-refractivity contribution >= 4 is 16.6 Å². The molecule has 58 valence electrons. The summed E-state index contributed by atoms with van der Waals surface area (Å²) < 4.78 is 4.91. The van der Waals surface area contributed by atoms with Crippen molar-refractivity contribution in [3.05, 3.63) is 30.6 Å². The molecule has 0 aromatic carbocycles. The van der Waals surface area contributed by atoms with Gasteiger partial charge in [-0.1, -0.05) is 18.2 Å². The van der Waals surface area contributed by atoms with E-state index in [0.29, 0.717) is 16.5 Å². The minimum absolute atomic E-state index is 0.438. The Morgan fingerprint density at radius 3 is 2.73 bits per heavy atom. The van der Waals surface area contributed by atoms with Crippen molar-refractivity contribution in [2.24, 2.45) is 0 Å². The fourth-order valence-electron chi connectivity index (χ4n) is 0.662. The average Bonchev–Trinajstić information content (AvgIpc) is 2.05. The molecule has 0 aliphatic rings. The number of methoxy groups -OCH3 is 1. The van der Waals surface area contributed by atoms with Gasteiger partial charge in [0.2, 0.25) is 0 Å². The molecule has 0 radical (unpaired) electrons. The van der Waals surface area contributed by atoms with E-state index in [4.69, 9.17) is 16.3 Å². The van der Waals surface area contributed by atoms with Crippen LogP contribution < -0.4 is 4.74 Å². The normalized spacial score (nSPS) is 9.27. The molecule has 1 aromatic heterocycles. The summed E-state index contributed by atoms with van der Waals surface area (Å²) in [5, 5.41) is 0.438. The third-order valence-corrected chi connectivity index (χ3v) is 1.44. The first-order chi connectivity index (χ1) is 5.24. The largest absolute Gasteiger partial charge is 0.495 e. The Balaban J connectivity index is 2.91. The van der Waals surface area contributed by atoms with E-state index in [1.165, 1.54) is 0 Å². The molecule has 2 nitrogen and oxygen atoms in total. The Labute approximate surface area is 70.5 Å². The summed E-state index contributed by atoms with van der Waals surface area (Å²) in [5.41, 5.74) is 0.674. The Kier molecular flexibility index (Phi) is 2.49. The van der Waals surface area contributed by atoms with Gasteiger partial charge in [0.25, 0.3) is 0 Å². The quantitative estimate of drug-likeness (QED) is 0.678. The van der Waals surface area contributed by atoms with Gasteiger partial charge in [-0.3, -0.25) is 4.98 Å². The summed E-state index contributed by atoms with van der Waals surface area (Å²) >= 11 is 5.60. The first-order valence-electron chi connectivity index (χ1n) is 3.09. The lowest BCUT2D eigenvalue weighted by Crippen LogP contribution is -1.86. The van der Waals surface area contributed by atoms with Gasteiger partial charge in [-0.05, 0) is 12.1 Å². The van der Waals surface area contributed by atoms with Crippen molar-refractivity contribution in [3.63, 3.8) is 0 Å².